The topological polar surface area (TPSA) is 53.9 Å². The normalized spacial score (nSPS) is 10.4. The Bertz CT molecular complexity index is 587. The Morgan fingerprint density at radius 2 is 1.95 bits per heavy atom. The number of nitrogens with one attached hydrogen (secondary N) is 1. The minimum absolute atomic E-state index is 0.388. The monoisotopic (exact) mass is 311 g/mol. The van der Waals surface area contributed by atoms with Gasteiger partial charge in [0, 0.05) is 18.1 Å². The quantitative estimate of drug-likeness (QED) is 0.911. The van der Waals surface area contributed by atoms with Crippen molar-refractivity contribution in [3.63, 3.8) is 0 Å². The highest BCUT2D eigenvalue weighted by molar-refractivity contribution is 6.35. The van der Waals surface area contributed by atoms with Gasteiger partial charge < -0.3 is 10.2 Å². The largest absolute Gasteiger partial charge is 0.356 e. The third-order valence-electron chi connectivity index (χ3n) is 2.81. The van der Waals surface area contributed by atoms with Gasteiger partial charge in [-0.25, -0.2) is 0 Å². The van der Waals surface area contributed by atoms with E-state index in [2.05, 4.69) is 39.2 Å². The summed E-state index contributed by atoms with van der Waals surface area (Å²) in [7, 11) is 0. The number of rotatable bonds is 5. The van der Waals surface area contributed by atoms with Gasteiger partial charge in [0.25, 0.3) is 0 Å². The Hall–Kier alpha value is -1.59. The first-order chi connectivity index (χ1) is 9.63. The smallest absolute Gasteiger partial charge is 0.249 e. The first-order valence-electron chi connectivity index (χ1n) is 6.30. The molecule has 7 heteroatoms. The highest BCUT2D eigenvalue weighted by Crippen LogP contribution is 2.27. The van der Waals surface area contributed by atoms with E-state index >= 15 is 0 Å². The SMILES string of the molecule is CCN(CC)c1cnnc(Nc2cc(Cl)ccc2Cl)n1. The predicted molar refractivity (Wildman–Crippen MR) is 83.1 cm³/mol. The lowest BCUT2D eigenvalue weighted by Crippen LogP contribution is -2.23. The van der Waals surface area contributed by atoms with Gasteiger partial charge in [-0.3, -0.25) is 0 Å². The number of anilines is 3. The molecule has 2 aromatic rings. The zero-order valence-corrected chi connectivity index (χ0v) is 12.8. The molecule has 0 bridgehead atoms. The van der Waals surface area contributed by atoms with E-state index in [9.17, 15) is 0 Å². The summed E-state index contributed by atoms with van der Waals surface area (Å²) >= 11 is 12.0. The van der Waals surface area contributed by atoms with Crippen LogP contribution in [-0.4, -0.2) is 28.3 Å². The van der Waals surface area contributed by atoms with Crippen LogP contribution in [0.3, 0.4) is 0 Å². The van der Waals surface area contributed by atoms with Gasteiger partial charge in [0.05, 0.1) is 16.9 Å². The molecular formula is C13H15Cl2N5. The Labute approximate surface area is 127 Å². The van der Waals surface area contributed by atoms with E-state index < -0.39 is 0 Å². The minimum Gasteiger partial charge on any atom is -0.356 e. The summed E-state index contributed by atoms with van der Waals surface area (Å²) < 4.78 is 0. The Kier molecular flexibility index (Phi) is 4.98. The summed E-state index contributed by atoms with van der Waals surface area (Å²) in [6.45, 7) is 5.83. The van der Waals surface area contributed by atoms with Crippen LogP contribution in [0.1, 0.15) is 13.8 Å². The summed E-state index contributed by atoms with van der Waals surface area (Å²) in [5.74, 6) is 1.16. The van der Waals surface area contributed by atoms with Gasteiger partial charge in [-0.05, 0) is 32.0 Å². The first-order valence-corrected chi connectivity index (χ1v) is 7.06. The zero-order chi connectivity index (χ0) is 14.5. The van der Waals surface area contributed by atoms with Gasteiger partial charge in [-0.1, -0.05) is 23.2 Å². The molecule has 106 valence electrons. The maximum absolute atomic E-state index is 6.10. The molecule has 2 rings (SSSR count). The fraction of sp³-hybridized carbons (Fsp3) is 0.308. The number of hydrogen-bond donors (Lipinski definition) is 1. The fourth-order valence-electron chi connectivity index (χ4n) is 1.76. The Morgan fingerprint density at radius 3 is 2.65 bits per heavy atom. The minimum atomic E-state index is 0.388. The first kappa shape index (κ1) is 14.8. The van der Waals surface area contributed by atoms with Crippen molar-refractivity contribution < 1.29 is 0 Å². The fourth-order valence-corrected chi connectivity index (χ4v) is 2.10. The van der Waals surface area contributed by atoms with Crippen molar-refractivity contribution >= 4 is 40.7 Å². The highest BCUT2D eigenvalue weighted by atomic mass is 35.5. The predicted octanol–water partition coefficient (Wildman–Crippen LogP) is 3.77. The lowest BCUT2D eigenvalue weighted by Gasteiger charge is -2.19. The number of nitrogens with zero attached hydrogens (tertiary/aromatic N) is 4. The summed E-state index contributed by atoms with van der Waals surface area (Å²) in [5, 5.41) is 12.1. The standard InChI is InChI=1S/C13H15Cl2N5/c1-3-20(4-2)12-8-16-19-13(18-12)17-11-7-9(14)5-6-10(11)15/h5-8H,3-4H2,1-2H3,(H,17,18,19). The second-order valence-corrected chi connectivity index (χ2v) is 4.90. The summed E-state index contributed by atoms with van der Waals surface area (Å²) in [4.78, 5) is 6.50. The molecule has 0 atom stereocenters. The average Bonchev–Trinajstić information content (AvgIpc) is 2.45. The number of benzene rings is 1. The van der Waals surface area contributed by atoms with E-state index in [-0.39, 0.29) is 0 Å². The van der Waals surface area contributed by atoms with Gasteiger partial charge in [-0.2, -0.15) is 10.1 Å². The highest BCUT2D eigenvalue weighted by Gasteiger charge is 2.08. The maximum Gasteiger partial charge on any atom is 0.249 e. The van der Waals surface area contributed by atoms with Crippen molar-refractivity contribution in [1.82, 2.24) is 15.2 Å². The van der Waals surface area contributed by atoms with E-state index in [4.69, 9.17) is 23.2 Å². The molecule has 0 amide bonds. The summed E-state index contributed by atoms with van der Waals surface area (Å²) in [6, 6.07) is 5.16. The molecule has 0 radical (unpaired) electrons. The Balaban J connectivity index is 2.25. The van der Waals surface area contributed by atoms with Crippen LogP contribution in [0.15, 0.2) is 24.4 Å². The van der Waals surface area contributed by atoms with Gasteiger partial charge >= 0.3 is 0 Å². The van der Waals surface area contributed by atoms with Gasteiger partial charge in [0.2, 0.25) is 5.95 Å². The molecule has 0 fully saturated rings. The van der Waals surface area contributed by atoms with Crippen molar-refractivity contribution in [2.24, 2.45) is 0 Å². The molecule has 0 aliphatic carbocycles. The van der Waals surface area contributed by atoms with Crippen LogP contribution in [0, 0.1) is 0 Å². The van der Waals surface area contributed by atoms with Crippen molar-refractivity contribution in [2.45, 2.75) is 13.8 Å². The second kappa shape index (κ2) is 6.72. The van der Waals surface area contributed by atoms with E-state index in [0.717, 1.165) is 18.9 Å². The molecular weight excluding hydrogens is 297 g/mol. The molecule has 20 heavy (non-hydrogen) atoms. The molecule has 5 nitrogen and oxygen atoms in total. The van der Waals surface area contributed by atoms with Gasteiger partial charge in [-0.15, -0.1) is 5.10 Å². The average molecular weight is 312 g/mol. The third kappa shape index (κ3) is 3.49. The summed E-state index contributed by atoms with van der Waals surface area (Å²) in [5.41, 5.74) is 0.651. The molecule has 0 unspecified atom stereocenters. The van der Waals surface area contributed by atoms with Crippen molar-refractivity contribution in [2.75, 3.05) is 23.3 Å². The lowest BCUT2D eigenvalue weighted by molar-refractivity contribution is 0.826. The second-order valence-electron chi connectivity index (χ2n) is 4.06. The van der Waals surface area contributed by atoms with E-state index in [1.165, 1.54) is 0 Å². The lowest BCUT2D eigenvalue weighted by atomic mass is 10.3. The molecule has 0 spiro atoms. The van der Waals surface area contributed by atoms with Gasteiger partial charge in [0.1, 0.15) is 0 Å². The number of hydrogen-bond acceptors (Lipinski definition) is 5. The molecule has 0 saturated carbocycles. The van der Waals surface area contributed by atoms with Gasteiger partial charge in [0.15, 0.2) is 5.82 Å². The van der Waals surface area contributed by atoms with Crippen LogP contribution in [-0.2, 0) is 0 Å². The zero-order valence-electron chi connectivity index (χ0n) is 11.3. The van der Waals surface area contributed by atoms with Crippen LogP contribution in [0.5, 0.6) is 0 Å². The molecule has 1 N–H and O–H groups in total. The van der Waals surface area contributed by atoms with Crippen molar-refractivity contribution in [3.8, 4) is 0 Å². The maximum atomic E-state index is 6.10. The van der Waals surface area contributed by atoms with Crippen molar-refractivity contribution in [1.29, 1.82) is 0 Å². The molecule has 1 aromatic carbocycles. The number of aromatic nitrogens is 3. The Morgan fingerprint density at radius 1 is 1.20 bits per heavy atom. The van der Waals surface area contributed by atoms with Crippen LogP contribution >= 0.6 is 23.2 Å². The summed E-state index contributed by atoms with van der Waals surface area (Å²) in [6.07, 6.45) is 1.64. The molecule has 0 saturated heterocycles. The molecule has 0 aliphatic heterocycles. The van der Waals surface area contributed by atoms with E-state index in [1.807, 2.05) is 0 Å². The van der Waals surface area contributed by atoms with Crippen LogP contribution in [0.4, 0.5) is 17.5 Å². The molecule has 1 aromatic heterocycles. The third-order valence-corrected chi connectivity index (χ3v) is 3.37. The van der Waals surface area contributed by atoms with E-state index in [1.54, 1.807) is 24.4 Å². The van der Waals surface area contributed by atoms with Crippen LogP contribution < -0.4 is 10.2 Å². The molecule has 1 heterocycles. The van der Waals surface area contributed by atoms with E-state index in [0.29, 0.717) is 21.7 Å². The number of halogens is 2. The van der Waals surface area contributed by atoms with Crippen LogP contribution in [0.25, 0.3) is 0 Å². The van der Waals surface area contributed by atoms with Crippen molar-refractivity contribution in [3.05, 3.63) is 34.4 Å². The molecule has 0 aliphatic rings. The van der Waals surface area contributed by atoms with Crippen LogP contribution in [0.2, 0.25) is 10.0 Å².